The number of rotatable bonds is 2. The minimum atomic E-state index is -4.35. The molecule has 0 unspecified atom stereocenters. The zero-order chi connectivity index (χ0) is 11.8. The number of alkyl halides is 2. The number of hydrogen-bond donors (Lipinski definition) is 2. The Hall–Kier alpha value is -0.800. The first kappa shape index (κ1) is 12.3. The van der Waals surface area contributed by atoms with Crippen LogP contribution in [0.1, 0.15) is 12.0 Å². The molecule has 0 bridgehead atoms. The van der Waals surface area contributed by atoms with Crippen molar-refractivity contribution in [2.45, 2.75) is 11.3 Å². The van der Waals surface area contributed by atoms with E-state index in [0.717, 1.165) is 6.07 Å². The summed E-state index contributed by atoms with van der Waals surface area (Å²) in [6, 6.07) is 0.818. The van der Waals surface area contributed by atoms with Gasteiger partial charge in [-0.1, -0.05) is 0 Å². The van der Waals surface area contributed by atoms with Crippen molar-refractivity contribution in [2.24, 2.45) is 5.14 Å². The molecule has 0 saturated heterocycles. The number of aromatic nitrogens is 1. The normalized spacial score (nSPS) is 12.1. The second-order valence-electron chi connectivity index (χ2n) is 2.57. The van der Waals surface area contributed by atoms with Crippen LogP contribution in [0.25, 0.3) is 0 Å². The van der Waals surface area contributed by atoms with Crippen LogP contribution in [0.3, 0.4) is 0 Å². The largest absolute Gasteiger partial charge is 0.316 e. The zero-order valence-electron chi connectivity index (χ0n) is 7.00. The number of H-pyrrole nitrogens is 1. The number of pyridine rings is 1. The van der Waals surface area contributed by atoms with Gasteiger partial charge in [0.05, 0.1) is 9.50 Å². The molecule has 0 radical (unpaired) electrons. The minimum absolute atomic E-state index is 0.0408. The van der Waals surface area contributed by atoms with Crippen LogP contribution in [-0.2, 0) is 10.0 Å². The van der Waals surface area contributed by atoms with E-state index in [1.807, 2.05) is 4.98 Å². The Morgan fingerprint density at radius 1 is 1.47 bits per heavy atom. The van der Waals surface area contributed by atoms with Crippen molar-refractivity contribution in [1.29, 1.82) is 0 Å². The molecule has 84 valence electrons. The van der Waals surface area contributed by atoms with Gasteiger partial charge in [-0.15, -0.1) is 0 Å². The summed E-state index contributed by atoms with van der Waals surface area (Å²) in [6.45, 7) is 0. The minimum Gasteiger partial charge on any atom is -0.316 e. The monoisotopic (exact) mass is 302 g/mol. The van der Waals surface area contributed by atoms with Gasteiger partial charge in [-0.3, -0.25) is 4.79 Å². The summed E-state index contributed by atoms with van der Waals surface area (Å²) in [5.74, 6) is 0. The summed E-state index contributed by atoms with van der Waals surface area (Å²) in [5.41, 5.74) is -2.34. The Kier molecular flexibility index (Phi) is 3.26. The van der Waals surface area contributed by atoms with E-state index in [1.54, 1.807) is 0 Å². The Morgan fingerprint density at radius 3 is 2.40 bits per heavy atom. The first-order valence-electron chi connectivity index (χ1n) is 3.47. The number of nitrogens with one attached hydrogen (secondary N) is 1. The van der Waals surface area contributed by atoms with E-state index in [-0.39, 0.29) is 4.60 Å². The van der Waals surface area contributed by atoms with Crippen molar-refractivity contribution in [3.63, 3.8) is 0 Å². The highest BCUT2D eigenvalue weighted by atomic mass is 79.9. The summed E-state index contributed by atoms with van der Waals surface area (Å²) in [4.78, 5) is 12.2. The maximum atomic E-state index is 12.4. The van der Waals surface area contributed by atoms with Gasteiger partial charge in [0.25, 0.3) is 12.0 Å². The van der Waals surface area contributed by atoms with E-state index in [9.17, 15) is 22.0 Å². The highest BCUT2D eigenvalue weighted by molar-refractivity contribution is 9.10. The molecule has 5 nitrogen and oxygen atoms in total. The number of nitrogens with two attached hydrogens (primary N) is 1. The molecule has 3 N–H and O–H groups in total. The number of halogens is 3. The lowest BCUT2D eigenvalue weighted by Gasteiger charge is -2.05. The summed E-state index contributed by atoms with van der Waals surface area (Å²) in [6.07, 6.45) is -3.21. The summed E-state index contributed by atoms with van der Waals surface area (Å²) >= 11 is 2.77. The molecule has 1 aromatic heterocycles. The molecule has 0 amide bonds. The lowest BCUT2D eigenvalue weighted by atomic mass is 10.3. The van der Waals surface area contributed by atoms with Gasteiger partial charge in [0.2, 0.25) is 10.0 Å². The first-order valence-corrected chi connectivity index (χ1v) is 5.81. The van der Waals surface area contributed by atoms with Crippen LogP contribution in [0.2, 0.25) is 0 Å². The first-order chi connectivity index (χ1) is 6.73. The molecule has 0 fully saturated rings. The number of sulfonamides is 1. The van der Waals surface area contributed by atoms with Gasteiger partial charge in [-0.25, -0.2) is 22.3 Å². The van der Waals surface area contributed by atoms with Gasteiger partial charge in [0.15, 0.2) is 0 Å². The van der Waals surface area contributed by atoms with E-state index in [2.05, 4.69) is 15.9 Å². The van der Waals surface area contributed by atoms with Crippen LogP contribution in [0.4, 0.5) is 8.78 Å². The molecule has 0 aromatic carbocycles. The smallest absolute Gasteiger partial charge is 0.270 e. The van der Waals surface area contributed by atoms with Crippen molar-refractivity contribution in [3.05, 3.63) is 26.6 Å². The predicted octanol–water partition coefficient (Wildman–Crippen LogP) is 0.722. The van der Waals surface area contributed by atoms with Gasteiger partial charge in [0.1, 0.15) is 5.56 Å². The number of aromatic amines is 1. The molecular formula is C6H5BrF2N2O3S. The topological polar surface area (TPSA) is 93.0 Å². The summed E-state index contributed by atoms with van der Waals surface area (Å²) in [7, 11) is -4.35. The molecule has 9 heteroatoms. The van der Waals surface area contributed by atoms with E-state index in [1.165, 1.54) is 0 Å². The number of hydrogen-bond acceptors (Lipinski definition) is 3. The second-order valence-corrected chi connectivity index (χ2v) is 4.95. The highest BCUT2D eigenvalue weighted by Gasteiger charge is 2.24. The van der Waals surface area contributed by atoms with Gasteiger partial charge >= 0.3 is 0 Å². The van der Waals surface area contributed by atoms with Crippen molar-refractivity contribution in [3.8, 4) is 0 Å². The van der Waals surface area contributed by atoms with Crippen LogP contribution >= 0.6 is 15.9 Å². The van der Waals surface area contributed by atoms with Crippen molar-refractivity contribution in [1.82, 2.24) is 4.98 Å². The van der Waals surface area contributed by atoms with Crippen LogP contribution in [-0.4, -0.2) is 13.4 Å². The van der Waals surface area contributed by atoms with Gasteiger partial charge in [-0.05, 0) is 22.0 Å². The average molecular weight is 303 g/mol. The molecule has 1 rings (SSSR count). The molecule has 0 aliphatic carbocycles. The molecule has 0 aliphatic heterocycles. The Bertz CT molecular complexity index is 540. The van der Waals surface area contributed by atoms with Crippen LogP contribution in [0.15, 0.2) is 20.4 Å². The maximum Gasteiger partial charge on any atom is 0.270 e. The van der Waals surface area contributed by atoms with E-state index >= 15 is 0 Å². The predicted molar refractivity (Wildman–Crippen MR) is 51.1 cm³/mol. The quantitative estimate of drug-likeness (QED) is 0.788. The van der Waals surface area contributed by atoms with Gasteiger partial charge in [-0.2, -0.15) is 0 Å². The Balaban J connectivity index is 3.70. The second kappa shape index (κ2) is 3.99. The fraction of sp³-hybridized carbons (Fsp3) is 0.167. The zero-order valence-corrected chi connectivity index (χ0v) is 9.40. The molecule has 0 saturated carbocycles. The van der Waals surface area contributed by atoms with Crippen LogP contribution < -0.4 is 10.7 Å². The third-order valence-electron chi connectivity index (χ3n) is 1.53. The average Bonchev–Trinajstić information content (AvgIpc) is 1.99. The summed E-state index contributed by atoms with van der Waals surface area (Å²) < 4.78 is 46.6. The molecular weight excluding hydrogens is 298 g/mol. The third kappa shape index (κ3) is 2.61. The SMILES string of the molecule is NS(=O)(=O)c1cc(Br)[nH]c(=O)c1C(F)F. The molecule has 0 aliphatic rings. The Labute approximate surface area is 91.5 Å². The molecule has 0 atom stereocenters. The van der Waals surface area contributed by atoms with E-state index < -0.39 is 32.5 Å². The fourth-order valence-corrected chi connectivity index (χ4v) is 2.29. The van der Waals surface area contributed by atoms with E-state index in [0.29, 0.717) is 0 Å². The van der Waals surface area contributed by atoms with Crippen molar-refractivity contribution >= 4 is 26.0 Å². The summed E-state index contributed by atoms with van der Waals surface area (Å²) in [5, 5.41) is 4.70. The third-order valence-corrected chi connectivity index (χ3v) is 2.90. The maximum absolute atomic E-state index is 12.4. The highest BCUT2D eigenvalue weighted by Crippen LogP contribution is 2.23. The fourth-order valence-electron chi connectivity index (χ4n) is 0.959. The Morgan fingerprint density at radius 2 is 2.00 bits per heavy atom. The van der Waals surface area contributed by atoms with Crippen LogP contribution in [0.5, 0.6) is 0 Å². The van der Waals surface area contributed by atoms with Crippen molar-refractivity contribution < 1.29 is 17.2 Å². The molecule has 1 aromatic rings. The molecule has 1 heterocycles. The number of primary sulfonamides is 1. The van der Waals surface area contributed by atoms with Gasteiger partial charge in [0, 0.05) is 0 Å². The van der Waals surface area contributed by atoms with E-state index in [4.69, 9.17) is 5.14 Å². The van der Waals surface area contributed by atoms with Gasteiger partial charge < -0.3 is 4.98 Å². The molecule has 0 spiro atoms. The standard InChI is InChI=1S/C6H5BrF2N2O3S/c7-3-1-2(15(10,13)14)4(5(8)9)6(12)11-3/h1,5H,(H,11,12)(H2,10,13,14). The lowest BCUT2D eigenvalue weighted by Crippen LogP contribution is -2.22. The van der Waals surface area contributed by atoms with Crippen LogP contribution in [0, 0.1) is 0 Å². The van der Waals surface area contributed by atoms with Crippen molar-refractivity contribution in [2.75, 3.05) is 0 Å². The molecule has 15 heavy (non-hydrogen) atoms. The lowest BCUT2D eigenvalue weighted by molar-refractivity contribution is 0.146.